The molecule has 0 unspecified atom stereocenters. The Labute approximate surface area is 84.7 Å². The van der Waals surface area contributed by atoms with E-state index in [0.717, 1.165) is 5.69 Å². The number of pyridine rings is 2. The first-order chi connectivity index (χ1) is 6.79. The lowest BCUT2D eigenvalue weighted by atomic mass is 10.3. The summed E-state index contributed by atoms with van der Waals surface area (Å²) in [5.41, 5.74) is 2.28. The molecule has 2 aromatic rings. The molecule has 2 heterocycles. The molecule has 2 nitrogen and oxygen atoms in total. The lowest BCUT2D eigenvalue weighted by Gasteiger charge is -1.82. The minimum atomic E-state index is 1.07. The fourth-order valence-corrected chi connectivity index (χ4v) is 0.896. The molecule has 0 N–H and O–H groups in total. The highest BCUT2D eigenvalue weighted by molar-refractivity contribution is 5.04. The number of hydrogen-bond donors (Lipinski definition) is 0. The molecule has 2 aromatic heterocycles. The van der Waals surface area contributed by atoms with Crippen molar-refractivity contribution in [3.8, 4) is 0 Å². The minimum Gasteiger partial charge on any atom is -0.264 e. The van der Waals surface area contributed by atoms with E-state index in [9.17, 15) is 0 Å². The van der Waals surface area contributed by atoms with Crippen LogP contribution in [-0.4, -0.2) is 9.97 Å². The highest BCUT2D eigenvalue weighted by Crippen LogP contribution is 1.88. The van der Waals surface area contributed by atoms with Gasteiger partial charge in [0.2, 0.25) is 0 Å². The Balaban J connectivity index is 0.000000140. The van der Waals surface area contributed by atoms with Crippen molar-refractivity contribution < 1.29 is 0 Å². The van der Waals surface area contributed by atoms with Crippen LogP contribution in [0.5, 0.6) is 0 Å². The predicted molar refractivity (Wildman–Crippen MR) is 57.9 cm³/mol. The Morgan fingerprint density at radius 3 is 2.07 bits per heavy atom. The molecule has 0 saturated heterocycles. The Morgan fingerprint density at radius 2 is 1.79 bits per heavy atom. The molecule has 0 aliphatic carbocycles. The first-order valence-electron chi connectivity index (χ1n) is 4.53. The molecule has 14 heavy (non-hydrogen) atoms. The van der Waals surface area contributed by atoms with E-state index in [-0.39, 0.29) is 0 Å². The van der Waals surface area contributed by atoms with Gasteiger partial charge in [-0.15, -0.1) is 0 Å². The largest absolute Gasteiger partial charge is 0.264 e. The molecule has 0 aliphatic heterocycles. The molecular weight excluding hydrogens is 172 g/mol. The highest BCUT2D eigenvalue weighted by Gasteiger charge is 1.73. The van der Waals surface area contributed by atoms with Crippen molar-refractivity contribution in [2.24, 2.45) is 0 Å². The van der Waals surface area contributed by atoms with E-state index in [2.05, 4.69) is 9.97 Å². The molecular formula is C12H14N2. The van der Waals surface area contributed by atoms with Gasteiger partial charge in [0.05, 0.1) is 0 Å². The lowest BCUT2D eigenvalue weighted by Crippen LogP contribution is -1.72. The van der Waals surface area contributed by atoms with Crippen molar-refractivity contribution in [2.75, 3.05) is 0 Å². The summed E-state index contributed by atoms with van der Waals surface area (Å²) in [6, 6.07) is 9.80. The molecule has 2 heteroatoms. The van der Waals surface area contributed by atoms with Crippen molar-refractivity contribution in [1.82, 2.24) is 9.97 Å². The van der Waals surface area contributed by atoms with Gasteiger partial charge >= 0.3 is 0 Å². The van der Waals surface area contributed by atoms with Crippen LogP contribution >= 0.6 is 0 Å². The molecule has 0 aliphatic rings. The number of hydrogen-bond acceptors (Lipinski definition) is 2. The van der Waals surface area contributed by atoms with Gasteiger partial charge in [0.1, 0.15) is 0 Å². The second kappa shape index (κ2) is 5.86. The summed E-state index contributed by atoms with van der Waals surface area (Å²) in [4.78, 5) is 7.86. The van der Waals surface area contributed by atoms with Crippen LogP contribution in [0.15, 0.2) is 48.9 Å². The van der Waals surface area contributed by atoms with Gasteiger partial charge in [0.25, 0.3) is 0 Å². The normalized spacial score (nSPS) is 8.71. The van der Waals surface area contributed by atoms with Gasteiger partial charge in [0, 0.05) is 24.3 Å². The van der Waals surface area contributed by atoms with E-state index >= 15 is 0 Å². The summed E-state index contributed by atoms with van der Waals surface area (Å²) < 4.78 is 0. The molecule has 2 rings (SSSR count). The fraction of sp³-hybridized carbons (Fsp3) is 0.167. The molecule has 0 amide bonds. The Kier molecular flexibility index (Phi) is 4.35. The molecule has 72 valence electrons. The zero-order valence-corrected chi connectivity index (χ0v) is 8.51. The second-order valence-corrected chi connectivity index (χ2v) is 3.00. The van der Waals surface area contributed by atoms with Crippen LogP contribution in [0.2, 0.25) is 0 Å². The first kappa shape index (κ1) is 10.4. The average Bonchev–Trinajstić information content (AvgIpc) is 2.21. The summed E-state index contributed by atoms with van der Waals surface area (Å²) >= 11 is 0. The minimum absolute atomic E-state index is 1.07. The van der Waals surface area contributed by atoms with Gasteiger partial charge in [-0.3, -0.25) is 9.97 Å². The predicted octanol–water partition coefficient (Wildman–Crippen LogP) is 2.78. The van der Waals surface area contributed by atoms with Crippen LogP contribution in [0, 0.1) is 13.8 Å². The maximum Gasteiger partial charge on any atom is 0.0372 e. The van der Waals surface area contributed by atoms with E-state index in [1.807, 2.05) is 50.4 Å². The third-order valence-corrected chi connectivity index (χ3v) is 1.62. The van der Waals surface area contributed by atoms with Crippen LogP contribution in [0.4, 0.5) is 0 Å². The van der Waals surface area contributed by atoms with Crippen LogP contribution in [0.3, 0.4) is 0 Å². The maximum absolute atomic E-state index is 3.98. The van der Waals surface area contributed by atoms with Crippen LogP contribution in [-0.2, 0) is 0 Å². The van der Waals surface area contributed by atoms with Crippen LogP contribution in [0.25, 0.3) is 0 Å². The van der Waals surface area contributed by atoms with Gasteiger partial charge in [0.15, 0.2) is 0 Å². The zero-order valence-electron chi connectivity index (χ0n) is 8.51. The van der Waals surface area contributed by atoms with E-state index in [4.69, 9.17) is 0 Å². The maximum atomic E-state index is 3.98. The number of rotatable bonds is 0. The third kappa shape index (κ3) is 4.36. The molecule has 0 saturated carbocycles. The van der Waals surface area contributed by atoms with Gasteiger partial charge in [-0.05, 0) is 37.6 Å². The third-order valence-electron chi connectivity index (χ3n) is 1.62. The SMILES string of the molecule is Cc1ccccn1.Cc1cccnc1. The molecule has 0 fully saturated rings. The first-order valence-corrected chi connectivity index (χ1v) is 4.53. The summed E-state index contributed by atoms with van der Waals surface area (Å²) in [6.07, 6.45) is 5.39. The monoisotopic (exact) mass is 186 g/mol. The smallest absolute Gasteiger partial charge is 0.0372 e. The molecule has 0 atom stereocenters. The van der Waals surface area contributed by atoms with Crippen molar-refractivity contribution in [3.05, 3.63) is 60.2 Å². The topological polar surface area (TPSA) is 25.8 Å². The molecule has 0 bridgehead atoms. The fourth-order valence-electron chi connectivity index (χ4n) is 0.896. The quantitative estimate of drug-likeness (QED) is 0.632. The molecule has 0 spiro atoms. The second-order valence-electron chi connectivity index (χ2n) is 3.00. The molecule has 0 radical (unpaired) electrons. The van der Waals surface area contributed by atoms with Gasteiger partial charge < -0.3 is 0 Å². The standard InChI is InChI=1S/2C6H7N/c1-6-3-2-4-7-5-6;1-6-4-2-3-5-7-6/h2*2-5H,1H3. The summed E-state index contributed by atoms with van der Waals surface area (Å²) in [5.74, 6) is 0. The van der Waals surface area contributed by atoms with Crippen LogP contribution in [0.1, 0.15) is 11.3 Å². The van der Waals surface area contributed by atoms with Gasteiger partial charge in [-0.25, -0.2) is 0 Å². The number of aromatic nitrogens is 2. The highest BCUT2D eigenvalue weighted by atomic mass is 14.6. The van der Waals surface area contributed by atoms with E-state index in [0.29, 0.717) is 0 Å². The average molecular weight is 186 g/mol. The Hall–Kier alpha value is -1.70. The van der Waals surface area contributed by atoms with Crippen molar-refractivity contribution in [1.29, 1.82) is 0 Å². The van der Waals surface area contributed by atoms with Gasteiger partial charge in [-0.2, -0.15) is 0 Å². The Morgan fingerprint density at radius 1 is 0.929 bits per heavy atom. The zero-order chi connectivity index (χ0) is 10.2. The number of nitrogens with zero attached hydrogens (tertiary/aromatic N) is 2. The molecule has 0 aromatic carbocycles. The van der Waals surface area contributed by atoms with Crippen molar-refractivity contribution in [3.63, 3.8) is 0 Å². The Bertz CT molecular complexity index is 306. The van der Waals surface area contributed by atoms with Gasteiger partial charge in [-0.1, -0.05) is 12.1 Å². The van der Waals surface area contributed by atoms with E-state index in [1.54, 1.807) is 12.4 Å². The lowest BCUT2D eigenvalue weighted by molar-refractivity contribution is 1.20. The summed E-state index contributed by atoms with van der Waals surface area (Å²) in [6.45, 7) is 3.99. The summed E-state index contributed by atoms with van der Waals surface area (Å²) in [5, 5.41) is 0. The van der Waals surface area contributed by atoms with Crippen molar-refractivity contribution >= 4 is 0 Å². The van der Waals surface area contributed by atoms with Crippen LogP contribution < -0.4 is 0 Å². The van der Waals surface area contributed by atoms with E-state index < -0.39 is 0 Å². The summed E-state index contributed by atoms with van der Waals surface area (Å²) in [7, 11) is 0. The number of aryl methyl sites for hydroxylation is 2. The van der Waals surface area contributed by atoms with Crippen molar-refractivity contribution in [2.45, 2.75) is 13.8 Å². The van der Waals surface area contributed by atoms with E-state index in [1.165, 1.54) is 5.56 Å².